The molecule has 0 aliphatic heterocycles. The van der Waals surface area contributed by atoms with Crippen molar-refractivity contribution >= 4 is 0 Å². The molecule has 3 heteroatoms. The minimum Gasteiger partial charge on any atom is -0.390 e. The summed E-state index contributed by atoms with van der Waals surface area (Å²) in [6.07, 6.45) is 2.59. The molecule has 1 N–H and O–H groups in total. The minimum atomic E-state index is -0.308. The molecular weight excluding hydrogens is 204 g/mol. The zero-order valence-corrected chi connectivity index (χ0v) is 11.0. The van der Waals surface area contributed by atoms with Crippen LogP contribution >= 0.6 is 0 Å². The van der Waals surface area contributed by atoms with Crippen molar-refractivity contribution in [2.24, 2.45) is 5.41 Å². The fourth-order valence-corrected chi connectivity index (χ4v) is 2.27. The van der Waals surface area contributed by atoms with E-state index in [1.165, 1.54) is 0 Å². The zero-order valence-electron chi connectivity index (χ0n) is 11.0. The number of aliphatic hydroxyl groups is 1. The fraction of sp³-hybridized carbons (Fsp3) is 1.00. The van der Waals surface area contributed by atoms with Gasteiger partial charge in [0.2, 0.25) is 0 Å². The first kappa shape index (κ1) is 13.9. The Morgan fingerprint density at radius 3 is 2.75 bits per heavy atom. The minimum absolute atomic E-state index is 0.0285. The summed E-state index contributed by atoms with van der Waals surface area (Å²) in [5, 5.41) is 9.91. The van der Waals surface area contributed by atoms with E-state index in [0.717, 1.165) is 19.3 Å². The van der Waals surface area contributed by atoms with Crippen LogP contribution in [0.5, 0.6) is 0 Å². The average Bonchev–Trinajstić information content (AvgIpc) is 2.20. The van der Waals surface area contributed by atoms with Gasteiger partial charge in [-0.1, -0.05) is 13.8 Å². The van der Waals surface area contributed by atoms with Crippen LogP contribution in [0.3, 0.4) is 0 Å². The Morgan fingerprint density at radius 1 is 1.44 bits per heavy atom. The molecule has 0 amide bonds. The molecule has 1 fully saturated rings. The summed E-state index contributed by atoms with van der Waals surface area (Å²) in [6.45, 7) is 9.78. The van der Waals surface area contributed by atoms with Crippen molar-refractivity contribution in [3.63, 3.8) is 0 Å². The Labute approximate surface area is 99.1 Å². The van der Waals surface area contributed by atoms with E-state index in [1.807, 2.05) is 13.8 Å². The Kier molecular flexibility index (Phi) is 5.22. The van der Waals surface area contributed by atoms with E-state index in [0.29, 0.717) is 13.2 Å². The third kappa shape index (κ3) is 4.40. The van der Waals surface area contributed by atoms with Crippen LogP contribution < -0.4 is 0 Å². The van der Waals surface area contributed by atoms with Crippen molar-refractivity contribution in [1.82, 2.24) is 0 Å². The van der Waals surface area contributed by atoms with Crippen LogP contribution in [-0.4, -0.2) is 36.6 Å². The van der Waals surface area contributed by atoms with Crippen LogP contribution in [0.4, 0.5) is 0 Å². The number of hydrogen-bond acceptors (Lipinski definition) is 3. The molecular formula is C13H26O3. The third-order valence-corrected chi connectivity index (χ3v) is 3.26. The molecule has 0 aromatic rings. The smallest absolute Gasteiger partial charge is 0.0843 e. The molecule has 1 aliphatic carbocycles. The van der Waals surface area contributed by atoms with Crippen LogP contribution in [0.25, 0.3) is 0 Å². The van der Waals surface area contributed by atoms with Crippen molar-refractivity contribution < 1.29 is 14.6 Å². The van der Waals surface area contributed by atoms with Gasteiger partial charge in [-0.3, -0.25) is 0 Å². The van der Waals surface area contributed by atoms with Crippen molar-refractivity contribution in [3.8, 4) is 0 Å². The molecule has 1 rings (SSSR count). The lowest BCUT2D eigenvalue weighted by atomic mass is 9.75. The van der Waals surface area contributed by atoms with E-state index in [2.05, 4.69) is 13.8 Å². The SMILES string of the molecule is CCOCC(C)OC1CC(C)(C)CCC1O. The van der Waals surface area contributed by atoms with Gasteiger partial charge < -0.3 is 14.6 Å². The summed E-state index contributed by atoms with van der Waals surface area (Å²) in [6, 6.07) is 0. The largest absolute Gasteiger partial charge is 0.390 e. The Hall–Kier alpha value is -0.120. The Balaban J connectivity index is 2.38. The highest BCUT2D eigenvalue weighted by Gasteiger charge is 2.35. The highest BCUT2D eigenvalue weighted by molar-refractivity contribution is 4.86. The fourth-order valence-electron chi connectivity index (χ4n) is 2.27. The van der Waals surface area contributed by atoms with Gasteiger partial charge in [-0.15, -0.1) is 0 Å². The van der Waals surface area contributed by atoms with E-state index >= 15 is 0 Å². The van der Waals surface area contributed by atoms with E-state index in [9.17, 15) is 5.11 Å². The summed E-state index contributed by atoms with van der Waals surface area (Å²) in [7, 11) is 0. The second-order valence-electron chi connectivity index (χ2n) is 5.62. The molecule has 0 spiro atoms. The summed E-state index contributed by atoms with van der Waals surface area (Å²) < 4.78 is 11.2. The summed E-state index contributed by atoms with van der Waals surface area (Å²) in [5.41, 5.74) is 0.287. The predicted octanol–water partition coefficient (Wildman–Crippen LogP) is 2.37. The van der Waals surface area contributed by atoms with Gasteiger partial charge in [0, 0.05) is 6.61 Å². The molecule has 0 bridgehead atoms. The monoisotopic (exact) mass is 230 g/mol. The normalized spacial score (nSPS) is 31.3. The summed E-state index contributed by atoms with van der Waals surface area (Å²) in [5.74, 6) is 0. The van der Waals surface area contributed by atoms with Crippen LogP contribution in [0.15, 0.2) is 0 Å². The lowest BCUT2D eigenvalue weighted by molar-refractivity contribution is -0.126. The first-order valence-electron chi connectivity index (χ1n) is 6.36. The lowest BCUT2D eigenvalue weighted by Gasteiger charge is -2.39. The molecule has 3 nitrogen and oxygen atoms in total. The summed E-state index contributed by atoms with van der Waals surface area (Å²) >= 11 is 0. The zero-order chi connectivity index (χ0) is 12.2. The van der Waals surface area contributed by atoms with Gasteiger partial charge in [0.1, 0.15) is 0 Å². The van der Waals surface area contributed by atoms with E-state index in [1.54, 1.807) is 0 Å². The molecule has 0 saturated heterocycles. The molecule has 1 saturated carbocycles. The van der Waals surface area contributed by atoms with Crippen LogP contribution in [0, 0.1) is 5.41 Å². The van der Waals surface area contributed by atoms with Gasteiger partial charge in [-0.05, 0) is 38.5 Å². The van der Waals surface area contributed by atoms with Crippen LogP contribution in [-0.2, 0) is 9.47 Å². The quantitative estimate of drug-likeness (QED) is 0.788. The van der Waals surface area contributed by atoms with Crippen molar-refractivity contribution in [2.75, 3.05) is 13.2 Å². The van der Waals surface area contributed by atoms with E-state index in [4.69, 9.17) is 9.47 Å². The Bertz CT molecular complexity index is 203. The maximum Gasteiger partial charge on any atom is 0.0843 e. The molecule has 3 unspecified atom stereocenters. The maximum absolute atomic E-state index is 9.91. The maximum atomic E-state index is 9.91. The highest BCUT2D eigenvalue weighted by Crippen LogP contribution is 2.37. The van der Waals surface area contributed by atoms with Gasteiger partial charge in [-0.2, -0.15) is 0 Å². The molecule has 16 heavy (non-hydrogen) atoms. The first-order valence-corrected chi connectivity index (χ1v) is 6.36. The second kappa shape index (κ2) is 5.99. The molecule has 0 radical (unpaired) electrons. The molecule has 1 aliphatic rings. The third-order valence-electron chi connectivity index (χ3n) is 3.26. The molecule has 3 atom stereocenters. The van der Waals surface area contributed by atoms with Crippen molar-refractivity contribution in [3.05, 3.63) is 0 Å². The predicted molar refractivity (Wildman–Crippen MR) is 64.5 cm³/mol. The topological polar surface area (TPSA) is 38.7 Å². The number of rotatable bonds is 5. The van der Waals surface area contributed by atoms with Crippen LogP contribution in [0.2, 0.25) is 0 Å². The first-order chi connectivity index (χ1) is 7.44. The van der Waals surface area contributed by atoms with E-state index < -0.39 is 0 Å². The number of hydrogen-bond donors (Lipinski definition) is 1. The average molecular weight is 230 g/mol. The van der Waals surface area contributed by atoms with Crippen molar-refractivity contribution in [1.29, 1.82) is 0 Å². The standard InChI is InChI=1S/C13H26O3/c1-5-15-9-10(2)16-12-8-13(3,4)7-6-11(12)14/h10-12,14H,5-9H2,1-4H3. The van der Waals surface area contributed by atoms with E-state index in [-0.39, 0.29) is 23.7 Å². The van der Waals surface area contributed by atoms with Crippen LogP contribution in [0.1, 0.15) is 47.0 Å². The lowest BCUT2D eigenvalue weighted by Crippen LogP contribution is -2.41. The molecule has 0 aromatic carbocycles. The second-order valence-corrected chi connectivity index (χ2v) is 5.62. The molecule has 0 aromatic heterocycles. The van der Waals surface area contributed by atoms with Gasteiger partial charge in [0.25, 0.3) is 0 Å². The number of aliphatic hydroxyl groups excluding tert-OH is 1. The van der Waals surface area contributed by atoms with Gasteiger partial charge >= 0.3 is 0 Å². The number of ether oxygens (including phenoxy) is 2. The Morgan fingerprint density at radius 2 is 2.12 bits per heavy atom. The summed E-state index contributed by atoms with van der Waals surface area (Å²) in [4.78, 5) is 0. The van der Waals surface area contributed by atoms with Gasteiger partial charge in [-0.25, -0.2) is 0 Å². The van der Waals surface area contributed by atoms with Gasteiger partial charge in [0.05, 0.1) is 24.9 Å². The van der Waals surface area contributed by atoms with Crippen molar-refractivity contribution in [2.45, 2.75) is 65.3 Å². The molecule has 0 heterocycles. The van der Waals surface area contributed by atoms with Gasteiger partial charge in [0.15, 0.2) is 0 Å². The molecule has 96 valence electrons. The highest BCUT2D eigenvalue weighted by atomic mass is 16.5.